The molecular formula is C15H19BrN2O4. The van der Waals surface area contributed by atoms with E-state index in [0.29, 0.717) is 26.1 Å². The molecule has 1 aromatic carbocycles. The molecule has 1 saturated heterocycles. The summed E-state index contributed by atoms with van der Waals surface area (Å²) in [5.41, 5.74) is 0. The number of methoxy groups -OCH3 is 1. The molecule has 0 radical (unpaired) electrons. The van der Waals surface area contributed by atoms with E-state index in [1.165, 1.54) is 12.0 Å². The number of carbonyl (C=O) groups excluding carboxylic acids is 2. The molecule has 0 aliphatic carbocycles. The molecule has 0 spiro atoms. The second-order valence-electron chi connectivity index (χ2n) is 4.92. The van der Waals surface area contributed by atoms with Gasteiger partial charge in [0.15, 0.2) is 0 Å². The van der Waals surface area contributed by atoms with Gasteiger partial charge in [0.2, 0.25) is 5.91 Å². The van der Waals surface area contributed by atoms with Crippen LogP contribution in [0.1, 0.15) is 12.8 Å². The Morgan fingerprint density at radius 2 is 2.27 bits per heavy atom. The van der Waals surface area contributed by atoms with Crippen molar-refractivity contribution in [3.63, 3.8) is 0 Å². The van der Waals surface area contributed by atoms with E-state index in [2.05, 4.69) is 26.0 Å². The Bertz CT molecular complexity index is 538. The van der Waals surface area contributed by atoms with Crippen LogP contribution < -0.4 is 10.1 Å². The number of benzene rings is 1. The van der Waals surface area contributed by atoms with E-state index in [4.69, 9.17) is 4.74 Å². The van der Waals surface area contributed by atoms with Crippen molar-refractivity contribution >= 4 is 27.9 Å². The topological polar surface area (TPSA) is 67.9 Å². The highest BCUT2D eigenvalue weighted by atomic mass is 79.9. The molecule has 1 aromatic rings. The van der Waals surface area contributed by atoms with E-state index in [-0.39, 0.29) is 5.91 Å². The first-order valence-electron chi connectivity index (χ1n) is 7.12. The maximum atomic E-state index is 12.1. The maximum Gasteiger partial charge on any atom is 0.410 e. The average molecular weight is 371 g/mol. The van der Waals surface area contributed by atoms with Crippen molar-refractivity contribution in [1.82, 2.24) is 10.2 Å². The zero-order valence-corrected chi connectivity index (χ0v) is 14.0. The molecule has 2 rings (SSSR count). The number of ether oxygens (including phenoxy) is 2. The Balaban J connectivity index is 1.74. The predicted molar refractivity (Wildman–Crippen MR) is 84.8 cm³/mol. The van der Waals surface area contributed by atoms with Crippen LogP contribution in [0.15, 0.2) is 28.7 Å². The van der Waals surface area contributed by atoms with Gasteiger partial charge in [-0.15, -0.1) is 0 Å². The highest BCUT2D eigenvalue weighted by molar-refractivity contribution is 9.10. The maximum absolute atomic E-state index is 12.1. The third-order valence-electron chi connectivity index (χ3n) is 3.43. The summed E-state index contributed by atoms with van der Waals surface area (Å²) in [4.78, 5) is 25.2. The molecule has 0 saturated carbocycles. The van der Waals surface area contributed by atoms with Gasteiger partial charge in [-0.05, 0) is 31.0 Å². The fraction of sp³-hybridized carbons (Fsp3) is 0.467. The average Bonchev–Trinajstić information content (AvgIpc) is 3.00. The SMILES string of the molecule is COC(=O)N1CCCC1C(=O)NCCOc1cccc(Br)c1. The van der Waals surface area contributed by atoms with Crippen molar-refractivity contribution in [3.8, 4) is 5.75 Å². The molecule has 1 unspecified atom stereocenters. The Morgan fingerprint density at radius 3 is 3.00 bits per heavy atom. The minimum atomic E-state index is -0.456. The van der Waals surface area contributed by atoms with Crippen molar-refractivity contribution < 1.29 is 19.1 Å². The summed E-state index contributed by atoms with van der Waals surface area (Å²) < 4.78 is 11.2. The highest BCUT2D eigenvalue weighted by Crippen LogP contribution is 2.19. The van der Waals surface area contributed by atoms with Crippen LogP contribution in [0.25, 0.3) is 0 Å². The number of halogens is 1. The number of rotatable bonds is 5. The van der Waals surface area contributed by atoms with Crippen molar-refractivity contribution in [2.75, 3.05) is 26.8 Å². The molecule has 7 heteroatoms. The molecule has 1 aliphatic heterocycles. The smallest absolute Gasteiger partial charge is 0.410 e. The summed E-state index contributed by atoms with van der Waals surface area (Å²) in [6.45, 7) is 1.31. The van der Waals surface area contributed by atoms with Crippen molar-refractivity contribution in [2.24, 2.45) is 0 Å². The number of nitrogens with zero attached hydrogens (tertiary/aromatic N) is 1. The number of carbonyl (C=O) groups is 2. The van der Waals surface area contributed by atoms with Gasteiger partial charge in [-0.1, -0.05) is 22.0 Å². The van der Waals surface area contributed by atoms with Crippen LogP contribution in [-0.2, 0) is 9.53 Å². The second kappa shape index (κ2) is 8.03. The van der Waals surface area contributed by atoms with E-state index in [1.54, 1.807) is 0 Å². The van der Waals surface area contributed by atoms with Gasteiger partial charge in [0.1, 0.15) is 18.4 Å². The lowest BCUT2D eigenvalue weighted by molar-refractivity contribution is -0.125. The van der Waals surface area contributed by atoms with Crippen LogP contribution in [0.5, 0.6) is 5.75 Å². The van der Waals surface area contributed by atoms with Gasteiger partial charge in [0, 0.05) is 11.0 Å². The number of amides is 2. The Morgan fingerprint density at radius 1 is 1.45 bits per heavy atom. The Hall–Kier alpha value is -1.76. The van der Waals surface area contributed by atoms with Crippen LogP contribution >= 0.6 is 15.9 Å². The van der Waals surface area contributed by atoms with Gasteiger partial charge in [-0.2, -0.15) is 0 Å². The molecule has 0 bridgehead atoms. The fourth-order valence-corrected chi connectivity index (χ4v) is 2.77. The lowest BCUT2D eigenvalue weighted by Crippen LogP contribution is -2.46. The van der Waals surface area contributed by atoms with Crippen LogP contribution in [0, 0.1) is 0 Å². The van der Waals surface area contributed by atoms with E-state index >= 15 is 0 Å². The molecule has 1 heterocycles. The molecule has 0 aromatic heterocycles. The van der Waals surface area contributed by atoms with Crippen LogP contribution in [0.2, 0.25) is 0 Å². The quantitative estimate of drug-likeness (QED) is 0.806. The molecular weight excluding hydrogens is 352 g/mol. The largest absolute Gasteiger partial charge is 0.492 e. The lowest BCUT2D eigenvalue weighted by atomic mass is 10.2. The summed E-state index contributed by atoms with van der Waals surface area (Å²) in [5, 5.41) is 2.79. The van der Waals surface area contributed by atoms with Gasteiger partial charge in [0.05, 0.1) is 13.7 Å². The first-order valence-corrected chi connectivity index (χ1v) is 7.92. The highest BCUT2D eigenvalue weighted by Gasteiger charge is 2.34. The minimum absolute atomic E-state index is 0.166. The van der Waals surface area contributed by atoms with Gasteiger partial charge in [-0.3, -0.25) is 9.69 Å². The van der Waals surface area contributed by atoms with Crippen molar-refractivity contribution in [2.45, 2.75) is 18.9 Å². The molecule has 1 N–H and O–H groups in total. The van der Waals surface area contributed by atoms with Crippen molar-refractivity contribution in [1.29, 1.82) is 0 Å². The van der Waals surface area contributed by atoms with Crippen LogP contribution in [-0.4, -0.2) is 49.7 Å². The number of hydrogen-bond acceptors (Lipinski definition) is 4. The number of hydrogen-bond donors (Lipinski definition) is 1. The zero-order valence-electron chi connectivity index (χ0n) is 12.4. The van der Waals surface area contributed by atoms with Gasteiger partial charge in [0.25, 0.3) is 0 Å². The molecule has 120 valence electrons. The minimum Gasteiger partial charge on any atom is -0.492 e. The normalized spacial score (nSPS) is 17.2. The number of nitrogens with one attached hydrogen (secondary N) is 1. The molecule has 22 heavy (non-hydrogen) atoms. The first-order chi connectivity index (χ1) is 10.6. The van der Waals surface area contributed by atoms with E-state index in [1.807, 2.05) is 24.3 Å². The monoisotopic (exact) mass is 370 g/mol. The predicted octanol–water partition coefficient (Wildman–Crippen LogP) is 2.17. The summed E-state index contributed by atoms with van der Waals surface area (Å²) >= 11 is 3.37. The third-order valence-corrected chi connectivity index (χ3v) is 3.92. The lowest BCUT2D eigenvalue weighted by Gasteiger charge is -2.22. The van der Waals surface area contributed by atoms with E-state index in [9.17, 15) is 9.59 Å². The van der Waals surface area contributed by atoms with Crippen LogP contribution in [0.4, 0.5) is 4.79 Å². The Labute approximate surface area is 137 Å². The summed E-state index contributed by atoms with van der Waals surface area (Å²) in [6.07, 6.45) is 1.01. The van der Waals surface area contributed by atoms with Crippen LogP contribution in [0.3, 0.4) is 0 Å². The van der Waals surface area contributed by atoms with E-state index in [0.717, 1.165) is 16.6 Å². The van der Waals surface area contributed by atoms with E-state index < -0.39 is 12.1 Å². The number of likely N-dealkylation sites (tertiary alicyclic amines) is 1. The molecule has 6 nitrogen and oxygen atoms in total. The van der Waals surface area contributed by atoms with Crippen molar-refractivity contribution in [3.05, 3.63) is 28.7 Å². The molecule has 2 amide bonds. The fourth-order valence-electron chi connectivity index (χ4n) is 2.39. The second-order valence-corrected chi connectivity index (χ2v) is 5.83. The zero-order chi connectivity index (χ0) is 15.9. The van der Waals surface area contributed by atoms with Gasteiger partial charge in [-0.25, -0.2) is 4.79 Å². The van der Waals surface area contributed by atoms with Gasteiger partial charge >= 0.3 is 6.09 Å². The summed E-state index contributed by atoms with van der Waals surface area (Å²) in [5.74, 6) is 0.571. The van der Waals surface area contributed by atoms with Gasteiger partial charge < -0.3 is 14.8 Å². The molecule has 1 aliphatic rings. The third kappa shape index (κ3) is 4.37. The Kier molecular flexibility index (Phi) is 6.06. The first kappa shape index (κ1) is 16.6. The summed E-state index contributed by atoms with van der Waals surface area (Å²) in [7, 11) is 1.32. The summed E-state index contributed by atoms with van der Waals surface area (Å²) in [6, 6.07) is 7.06. The molecule has 1 fully saturated rings. The molecule has 1 atom stereocenters. The standard InChI is InChI=1S/C15H19BrN2O4/c1-21-15(20)18-8-3-6-13(18)14(19)17-7-9-22-12-5-2-4-11(16)10-12/h2,4-5,10,13H,3,6-9H2,1H3,(H,17,19).